The Morgan fingerprint density at radius 3 is 2.61 bits per heavy atom. The van der Waals surface area contributed by atoms with E-state index in [0.29, 0.717) is 48.7 Å². The van der Waals surface area contributed by atoms with Crippen molar-refractivity contribution in [1.29, 1.82) is 0 Å². The zero-order valence-corrected chi connectivity index (χ0v) is 16.8. The topological polar surface area (TPSA) is 78.8 Å². The van der Waals surface area contributed by atoms with Gasteiger partial charge in [0.1, 0.15) is 17.1 Å². The number of fused-ring (bicyclic) bond motifs is 1. The quantitative estimate of drug-likeness (QED) is 0.645. The number of ether oxygens (including phenoxy) is 1. The average Bonchev–Trinajstić information content (AvgIpc) is 2.77. The monoisotopic (exact) mass is 426 g/mol. The number of benzene rings is 1. The molecule has 0 bridgehead atoms. The molecular weight excluding hydrogens is 406 g/mol. The molecule has 2 aromatic heterocycles. The molecule has 160 valence electrons. The van der Waals surface area contributed by atoms with Gasteiger partial charge >= 0.3 is 0 Å². The predicted molar refractivity (Wildman–Crippen MR) is 112 cm³/mol. The second kappa shape index (κ2) is 8.17. The summed E-state index contributed by atoms with van der Waals surface area (Å²) in [5.41, 5.74) is 2.19. The molecule has 3 aromatic rings. The number of anilines is 1. The molecule has 1 aliphatic rings. The molecule has 1 aliphatic heterocycles. The number of phenols is 1. The molecule has 1 aromatic carbocycles. The number of methoxy groups -OCH3 is 1. The number of hydrogen-bond donors (Lipinski definition) is 1. The smallest absolute Gasteiger partial charge is 0.282 e. The first-order valence-electron chi connectivity index (χ1n) is 9.60. The van der Waals surface area contributed by atoms with Gasteiger partial charge in [0.2, 0.25) is 5.88 Å². The zero-order valence-electron chi connectivity index (χ0n) is 16.8. The van der Waals surface area contributed by atoms with Gasteiger partial charge < -0.3 is 19.6 Å². The van der Waals surface area contributed by atoms with Gasteiger partial charge in [-0.25, -0.2) is 13.8 Å². The number of carbonyl (C=O) groups is 1. The first kappa shape index (κ1) is 20.5. The van der Waals surface area contributed by atoms with Crippen molar-refractivity contribution < 1.29 is 23.4 Å². The minimum absolute atomic E-state index is 0.0432. The second-order valence-electron chi connectivity index (χ2n) is 7.09. The van der Waals surface area contributed by atoms with Crippen molar-refractivity contribution in [2.75, 3.05) is 38.2 Å². The van der Waals surface area contributed by atoms with Crippen LogP contribution in [0.5, 0.6) is 11.6 Å². The fourth-order valence-corrected chi connectivity index (χ4v) is 3.67. The van der Waals surface area contributed by atoms with E-state index >= 15 is 0 Å². The Balaban J connectivity index is 1.72. The highest BCUT2D eigenvalue weighted by Gasteiger charge is 2.25. The molecule has 1 fully saturated rings. The number of rotatable bonds is 4. The lowest BCUT2D eigenvalue weighted by molar-refractivity contribution is -0.128. The Labute approximate surface area is 177 Å². The molecule has 0 spiro atoms. The summed E-state index contributed by atoms with van der Waals surface area (Å²) < 4.78 is 32.8. The number of amides is 1. The molecule has 7 nitrogen and oxygen atoms in total. The summed E-state index contributed by atoms with van der Waals surface area (Å²) >= 11 is 0. The highest BCUT2D eigenvalue weighted by molar-refractivity contribution is 5.93. The van der Waals surface area contributed by atoms with Crippen molar-refractivity contribution in [3.8, 4) is 22.8 Å². The number of carbonyl (C=O) groups excluding carboxylic acids is 1. The summed E-state index contributed by atoms with van der Waals surface area (Å²) in [4.78, 5) is 24.1. The van der Waals surface area contributed by atoms with E-state index < -0.39 is 17.6 Å². The average molecular weight is 426 g/mol. The number of hydrogen-bond acceptors (Lipinski definition) is 6. The first-order valence-corrected chi connectivity index (χ1v) is 9.60. The van der Waals surface area contributed by atoms with E-state index in [2.05, 4.69) is 16.5 Å². The molecule has 1 saturated heterocycles. The molecule has 1 N–H and O–H groups in total. The van der Waals surface area contributed by atoms with Crippen molar-refractivity contribution in [2.45, 2.75) is 0 Å². The maximum Gasteiger partial charge on any atom is 0.282 e. The minimum atomic E-state index is -0.977. The molecule has 4 rings (SSSR count). The molecule has 0 radical (unpaired) electrons. The summed E-state index contributed by atoms with van der Waals surface area (Å²) in [6, 6.07) is 7.46. The molecule has 9 heteroatoms. The summed E-state index contributed by atoms with van der Waals surface area (Å²) in [5, 5.41) is 10.1. The van der Waals surface area contributed by atoms with E-state index in [1.165, 1.54) is 36.4 Å². The summed E-state index contributed by atoms with van der Waals surface area (Å²) in [5.74, 6) is -2.10. The van der Waals surface area contributed by atoms with E-state index in [-0.39, 0.29) is 11.3 Å². The summed E-state index contributed by atoms with van der Waals surface area (Å²) in [6.07, 6.45) is 1.48. The van der Waals surface area contributed by atoms with Gasteiger partial charge in [0.15, 0.2) is 5.83 Å². The lowest BCUT2D eigenvalue weighted by Crippen LogP contribution is -2.49. The van der Waals surface area contributed by atoms with Crippen molar-refractivity contribution in [1.82, 2.24) is 14.9 Å². The fraction of sp³-hybridized carbons (Fsp3) is 0.227. The number of phenolic OH excluding ortho intramolecular Hbond substituents is 1. The fourth-order valence-electron chi connectivity index (χ4n) is 3.67. The van der Waals surface area contributed by atoms with Crippen molar-refractivity contribution >= 4 is 22.6 Å². The summed E-state index contributed by atoms with van der Waals surface area (Å²) in [6.45, 7) is 4.64. The molecule has 0 atom stereocenters. The number of halogens is 2. The Morgan fingerprint density at radius 2 is 1.97 bits per heavy atom. The summed E-state index contributed by atoms with van der Waals surface area (Å²) in [7, 11) is 1.49. The maximum atomic E-state index is 14.3. The molecule has 0 aliphatic carbocycles. The lowest BCUT2D eigenvalue weighted by Gasteiger charge is -2.36. The molecular formula is C22H20F2N4O3. The third-order valence-electron chi connectivity index (χ3n) is 5.23. The molecule has 0 unspecified atom stereocenters. The van der Waals surface area contributed by atoms with Gasteiger partial charge in [-0.2, -0.15) is 0 Å². The van der Waals surface area contributed by atoms with E-state index in [0.717, 1.165) is 5.69 Å². The van der Waals surface area contributed by atoms with Gasteiger partial charge in [-0.1, -0.05) is 12.6 Å². The lowest BCUT2D eigenvalue weighted by atomic mass is 10.0. The van der Waals surface area contributed by atoms with Gasteiger partial charge in [0.05, 0.1) is 23.9 Å². The Bertz CT molecular complexity index is 1160. The largest absolute Gasteiger partial charge is 0.507 e. The van der Waals surface area contributed by atoms with Gasteiger partial charge in [0.25, 0.3) is 5.91 Å². The Morgan fingerprint density at radius 1 is 1.23 bits per heavy atom. The molecule has 0 saturated carbocycles. The third kappa shape index (κ3) is 3.86. The van der Waals surface area contributed by atoms with Crippen LogP contribution in [-0.4, -0.2) is 59.2 Å². The van der Waals surface area contributed by atoms with Crippen LogP contribution in [0, 0.1) is 5.82 Å². The van der Waals surface area contributed by atoms with Crippen LogP contribution in [0.2, 0.25) is 0 Å². The molecule has 31 heavy (non-hydrogen) atoms. The van der Waals surface area contributed by atoms with Crippen LogP contribution in [0.25, 0.3) is 22.2 Å². The van der Waals surface area contributed by atoms with E-state index in [1.807, 2.05) is 4.90 Å². The van der Waals surface area contributed by atoms with Gasteiger partial charge in [-0.3, -0.25) is 9.78 Å². The van der Waals surface area contributed by atoms with E-state index in [4.69, 9.17) is 4.74 Å². The predicted octanol–water partition coefficient (Wildman–Crippen LogP) is 3.28. The van der Waals surface area contributed by atoms with Crippen LogP contribution < -0.4 is 9.64 Å². The van der Waals surface area contributed by atoms with Crippen LogP contribution >= 0.6 is 0 Å². The third-order valence-corrected chi connectivity index (χ3v) is 5.23. The Hall–Kier alpha value is -3.75. The van der Waals surface area contributed by atoms with Gasteiger partial charge in [-0.05, 0) is 18.2 Å². The number of nitrogens with zero attached hydrogens (tertiary/aromatic N) is 4. The number of aromatic hydroxyl groups is 1. The van der Waals surface area contributed by atoms with Crippen molar-refractivity contribution in [3.05, 3.63) is 54.8 Å². The molecule has 1 amide bonds. The van der Waals surface area contributed by atoms with Crippen molar-refractivity contribution in [3.63, 3.8) is 0 Å². The molecule has 3 heterocycles. The zero-order chi connectivity index (χ0) is 22.1. The minimum Gasteiger partial charge on any atom is -0.507 e. The number of pyridine rings is 2. The van der Waals surface area contributed by atoms with Crippen molar-refractivity contribution in [2.24, 2.45) is 0 Å². The standard InChI is InChI=1S/C22H20F2N4O3/c1-13(23)22(30)28-8-6-27(7-9-28)17-11-19(31-2)26-16-10-14(12-25-21(16)17)20-15(24)4-3-5-18(20)29/h3-5,10-12,29H,1,6-9H2,2H3. The SMILES string of the molecule is C=C(F)C(=O)N1CCN(c2cc(OC)nc3cc(-c4c(O)cccc4F)cnc23)CC1. The van der Waals surface area contributed by atoms with Gasteiger partial charge in [0, 0.05) is 44.0 Å². The highest BCUT2D eigenvalue weighted by atomic mass is 19.1. The van der Waals surface area contributed by atoms with Crippen LogP contribution in [0.15, 0.2) is 48.9 Å². The first-order chi connectivity index (χ1) is 14.9. The second-order valence-corrected chi connectivity index (χ2v) is 7.09. The normalized spacial score (nSPS) is 14.0. The van der Waals surface area contributed by atoms with Crippen LogP contribution in [0.3, 0.4) is 0 Å². The van der Waals surface area contributed by atoms with Gasteiger partial charge in [-0.15, -0.1) is 0 Å². The van der Waals surface area contributed by atoms with E-state index in [9.17, 15) is 18.7 Å². The van der Waals surface area contributed by atoms with E-state index in [1.54, 1.807) is 12.1 Å². The number of piperazine rings is 1. The Kier molecular flexibility index (Phi) is 5.41. The maximum absolute atomic E-state index is 14.3. The van der Waals surface area contributed by atoms with Crippen LogP contribution in [0.4, 0.5) is 14.5 Å². The number of aromatic nitrogens is 2. The highest BCUT2D eigenvalue weighted by Crippen LogP contribution is 2.35. The van der Waals surface area contributed by atoms with Crippen LogP contribution in [-0.2, 0) is 4.79 Å². The van der Waals surface area contributed by atoms with Crippen LogP contribution in [0.1, 0.15) is 0 Å².